The lowest BCUT2D eigenvalue weighted by molar-refractivity contribution is 0.102. The minimum absolute atomic E-state index is 0.165. The number of pyridine rings is 1. The summed E-state index contributed by atoms with van der Waals surface area (Å²) in [7, 11) is 0. The topological polar surface area (TPSA) is 51.2 Å². The molecule has 4 nitrogen and oxygen atoms in total. The molecule has 1 aromatic carbocycles. The Hall–Kier alpha value is -1.59. The fourth-order valence-corrected chi connectivity index (χ4v) is 2.16. The molecule has 21 heavy (non-hydrogen) atoms. The Morgan fingerprint density at radius 3 is 2.76 bits per heavy atom. The summed E-state index contributed by atoms with van der Waals surface area (Å²) < 4.78 is 6.18. The molecular weight excluding hydrogens is 356 g/mol. The Labute approximate surface area is 136 Å². The number of amides is 1. The van der Waals surface area contributed by atoms with Gasteiger partial charge in [-0.25, -0.2) is 4.98 Å². The smallest absolute Gasteiger partial charge is 0.258 e. The summed E-state index contributed by atoms with van der Waals surface area (Å²) in [5.41, 5.74) is 0.984. The van der Waals surface area contributed by atoms with Gasteiger partial charge in [-0.15, -0.1) is 0 Å². The lowest BCUT2D eigenvalue weighted by Crippen LogP contribution is -2.13. The number of halogens is 2. The molecule has 1 amide bonds. The normalized spacial score (nSPS) is 10.2. The van der Waals surface area contributed by atoms with Crippen LogP contribution in [0.1, 0.15) is 23.7 Å². The third-order valence-corrected chi connectivity index (χ3v) is 3.37. The van der Waals surface area contributed by atoms with Gasteiger partial charge in [0.2, 0.25) is 0 Å². The molecule has 1 N–H and O–H groups in total. The van der Waals surface area contributed by atoms with Gasteiger partial charge in [0, 0.05) is 16.4 Å². The first-order valence-electron chi connectivity index (χ1n) is 6.45. The maximum absolute atomic E-state index is 12.2. The zero-order valence-corrected chi connectivity index (χ0v) is 13.7. The Morgan fingerprint density at radius 1 is 1.38 bits per heavy atom. The van der Waals surface area contributed by atoms with Crippen molar-refractivity contribution in [2.75, 3.05) is 11.9 Å². The molecule has 6 heteroatoms. The van der Waals surface area contributed by atoms with Gasteiger partial charge in [0.15, 0.2) is 0 Å². The lowest BCUT2D eigenvalue weighted by atomic mass is 10.2. The highest BCUT2D eigenvalue weighted by Crippen LogP contribution is 2.21. The van der Waals surface area contributed by atoms with Crippen LogP contribution in [0.25, 0.3) is 0 Å². The van der Waals surface area contributed by atoms with Crippen molar-refractivity contribution in [2.24, 2.45) is 0 Å². The first-order valence-corrected chi connectivity index (χ1v) is 7.62. The monoisotopic (exact) mass is 368 g/mol. The minimum atomic E-state index is -0.309. The van der Waals surface area contributed by atoms with E-state index in [1.807, 2.05) is 19.1 Å². The van der Waals surface area contributed by atoms with Crippen molar-refractivity contribution in [1.82, 2.24) is 4.98 Å². The van der Waals surface area contributed by atoms with Gasteiger partial charge in [-0.05, 0) is 52.7 Å². The molecule has 0 aliphatic carbocycles. The largest absolute Gasteiger partial charge is 0.494 e. The maximum Gasteiger partial charge on any atom is 0.258 e. The second-order valence-corrected chi connectivity index (χ2v) is 5.59. The molecule has 2 aromatic rings. The van der Waals surface area contributed by atoms with Gasteiger partial charge in [0.1, 0.15) is 10.9 Å². The van der Waals surface area contributed by atoms with Gasteiger partial charge >= 0.3 is 0 Å². The number of ether oxygens (including phenoxy) is 1. The number of hydrogen-bond acceptors (Lipinski definition) is 3. The van der Waals surface area contributed by atoms with Gasteiger partial charge in [-0.2, -0.15) is 0 Å². The number of carbonyl (C=O) groups is 1. The first-order chi connectivity index (χ1) is 10.1. The maximum atomic E-state index is 12.2. The Bertz CT molecular complexity index is 632. The van der Waals surface area contributed by atoms with Crippen LogP contribution in [-0.4, -0.2) is 17.5 Å². The quantitative estimate of drug-likeness (QED) is 0.787. The van der Waals surface area contributed by atoms with Crippen molar-refractivity contribution in [3.05, 3.63) is 51.7 Å². The Morgan fingerprint density at radius 2 is 2.10 bits per heavy atom. The van der Waals surface area contributed by atoms with Crippen LogP contribution in [0, 0.1) is 0 Å². The number of anilines is 1. The number of nitrogens with one attached hydrogen (secondary N) is 1. The van der Waals surface area contributed by atoms with E-state index in [0.29, 0.717) is 22.3 Å². The number of aromatic nitrogens is 1. The fraction of sp³-hybridized carbons (Fsp3) is 0.200. The number of nitrogens with zero attached hydrogens (tertiary/aromatic N) is 1. The molecule has 0 atom stereocenters. The average molecular weight is 370 g/mol. The zero-order valence-electron chi connectivity index (χ0n) is 11.4. The van der Waals surface area contributed by atoms with Crippen LogP contribution in [-0.2, 0) is 0 Å². The Kier molecular flexibility index (Phi) is 5.59. The second kappa shape index (κ2) is 7.43. The van der Waals surface area contributed by atoms with Crippen LogP contribution in [0.4, 0.5) is 5.69 Å². The van der Waals surface area contributed by atoms with E-state index in [1.165, 1.54) is 0 Å². The lowest BCUT2D eigenvalue weighted by Gasteiger charge is -2.08. The van der Waals surface area contributed by atoms with E-state index in [2.05, 4.69) is 26.2 Å². The van der Waals surface area contributed by atoms with Gasteiger partial charge in [-0.1, -0.05) is 18.5 Å². The molecule has 110 valence electrons. The summed E-state index contributed by atoms with van der Waals surface area (Å²) in [5, 5.41) is 2.94. The molecule has 1 aromatic heterocycles. The molecule has 0 radical (unpaired) electrons. The van der Waals surface area contributed by atoms with E-state index in [-0.39, 0.29) is 11.1 Å². The van der Waals surface area contributed by atoms with Crippen molar-refractivity contribution in [2.45, 2.75) is 13.3 Å². The molecule has 0 aliphatic heterocycles. The number of hydrogen-bond donors (Lipinski definition) is 1. The average Bonchev–Trinajstić information content (AvgIpc) is 2.49. The zero-order chi connectivity index (χ0) is 15.2. The highest BCUT2D eigenvalue weighted by molar-refractivity contribution is 9.10. The number of benzene rings is 1. The fourth-order valence-electron chi connectivity index (χ4n) is 1.63. The Balaban J connectivity index is 2.07. The highest BCUT2D eigenvalue weighted by Gasteiger charge is 2.12. The summed E-state index contributed by atoms with van der Waals surface area (Å²) in [5.74, 6) is 0.466. The van der Waals surface area contributed by atoms with E-state index in [4.69, 9.17) is 16.3 Å². The van der Waals surface area contributed by atoms with Crippen LogP contribution < -0.4 is 10.1 Å². The van der Waals surface area contributed by atoms with Crippen LogP contribution >= 0.6 is 27.5 Å². The first kappa shape index (κ1) is 15.8. The summed E-state index contributed by atoms with van der Waals surface area (Å²) >= 11 is 9.19. The van der Waals surface area contributed by atoms with E-state index in [1.54, 1.807) is 24.4 Å². The van der Waals surface area contributed by atoms with Gasteiger partial charge < -0.3 is 10.1 Å². The molecule has 0 unspecified atom stereocenters. The second-order valence-electron chi connectivity index (χ2n) is 4.32. The molecule has 0 bridgehead atoms. The van der Waals surface area contributed by atoms with Crippen molar-refractivity contribution < 1.29 is 9.53 Å². The molecule has 0 saturated heterocycles. The van der Waals surface area contributed by atoms with Gasteiger partial charge in [-0.3, -0.25) is 4.79 Å². The predicted molar refractivity (Wildman–Crippen MR) is 87.1 cm³/mol. The summed E-state index contributed by atoms with van der Waals surface area (Å²) in [6, 6.07) is 8.81. The van der Waals surface area contributed by atoms with Crippen molar-refractivity contribution in [3.63, 3.8) is 0 Å². The highest BCUT2D eigenvalue weighted by atomic mass is 79.9. The summed E-state index contributed by atoms with van der Waals surface area (Å²) in [6.45, 7) is 2.72. The number of carbonyl (C=O) groups excluding carboxylic acids is 1. The molecule has 0 saturated carbocycles. The van der Waals surface area contributed by atoms with Crippen molar-refractivity contribution in [1.29, 1.82) is 0 Å². The van der Waals surface area contributed by atoms with E-state index >= 15 is 0 Å². The van der Waals surface area contributed by atoms with Crippen LogP contribution in [0.3, 0.4) is 0 Å². The van der Waals surface area contributed by atoms with Crippen molar-refractivity contribution >= 4 is 39.1 Å². The van der Waals surface area contributed by atoms with Crippen molar-refractivity contribution in [3.8, 4) is 5.75 Å². The molecule has 0 aliphatic rings. The predicted octanol–water partition coefficient (Wildman–Crippen LogP) is 4.54. The molecule has 0 spiro atoms. The number of rotatable bonds is 5. The third kappa shape index (κ3) is 4.44. The van der Waals surface area contributed by atoms with E-state index < -0.39 is 0 Å². The van der Waals surface area contributed by atoms with E-state index in [0.717, 1.165) is 12.2 Å². The molecular formula is C15H14BrClN2O2. The minimum Gasteiger partial charge on any atom is -0.494 e. The standard InChI is InChI=1S/C15H14BrClN2O2/c1-2-7-21-12-5-3-11(4-6-12)19-15(20)13-8-10(16)9-18-14(13)17/h3-6,8-9H,2,7H2,1H3,(H,19,20). The molecule has 2 rings (SSSR count). The molecule has 1 heterocycles. The van der Waals surface area contributed by atoms with Crippen LogP contribution in [0.15, 0.2) is 41.0 Å². The van der Waals surface area contributed by atoms with Gasteiger partial charge in [0.05, 0.1) is 12.2 Å². The third-order valence-electron chi connectivity index (χ3n) is 2.64. The van der Waals surface area contributed by atoms with Gasteiger partial charge in [0.25, 0.3) is 5.91 Å². The van der Waals surface area contributed by atoms with Crippen LogP contribution in [0.5, 0.6) is 5.75 Å². The summed E-state index contributed by atoms with van der Waals surface area (Å²) in [4.78, 5) is 16.1. The van der Waals surface area contributed by atoms with E-state index in [9.17, 15) is 4.79 Å². The molecule has 0 fully saturated rings. The van der Waals surface area contributed by atoms with Crippen LogP contribution in [0.2, 0.25) is 5.15 Å². The SMILES string of the molecule is CCCOc1ccc(NC(=O)c2cc(Br)cnc2Cl)cc1. The summed E-state index contributed by atoms with van der Waals surface area (Å²) in [6.07, 6.45) is 2.49.